The number of nitrogens with zero attached hydrogens (tertiary/aromatic N) is 2. The van der Waals surface area contributed by atoms with Gasteiger partial charge in [0.15, 0.2) is 0 Å². The molecule has 0 bridgehead atoms. The van der Waals surface area contributed by atoms with Crippen LogP contribution >= 0.6 is 0 Å². The third-order valence-electron chi connectivity index (χ3n) is 3.36. The maximum absolute atomic E-state index is 13.7. The highest BCUT2D eigenvalue weighted by Crippen LogP contribution is 2.22. The second kappa shape index (κ2) is 6.11. The summed E-state index contributed by atoms with van der Waals surface area (Å²) < 4.78 is 29.1. The van der Waals surface area contributed by atoms with Crippen LogP contribution in [0.25, 0.3) is 0 Å². The fraction of sp³-hybridized carbons (Fsp3) is 0.357. The molecule has 0 fully saturated rings. The number of aromatic nitrogens is 2. The zero-order chi connectivity index (χ0) is 14.7. The van der Waals surface area contributed by atoms with Crippen LogP contribution in [0.5, 0.6) is 0 Å². The smallest absolute Gasteiger partial charge is 0.129 e. The fourth-order valence-corrected chi connectivity index (χ4v) is 2.22. The van der Waals surface area contributed by atoms with E-state index in [0.717, 1.165) is 17.8 Å². The van der Waals surface area contributed by atoms with Gasteiger partial charge in [-0.15, -0.1) is 0 Å². The Kier molecular flexibility index (Phi) is 4.46. The van der Waals surface area contributed by atoms with Crippen LogP contribution in [0.4, 0.5) is 8.78 Å². The molecule has 0 aliphatic rings. The van der Waals surface area contributed by atoms with Crippen LogP contribution in [0.2, 0.25) is 0 Å². The summed E-state index contributed by atoms with van der Waals surface area (Å²) in [5.41, 5.74) is 4.34. The molecule has 1 atom stereocenters. The van der Waals surface area contributed by atoms with Gasteiger partial charge in [0.05, 0.1) is 17.4 Å². The molecule has 0 amide bonds. The number of hydrazine groups is 1. The van der Waals surface area contributed by atoms with E-state index < -0.39 is 17.7 Å². The van der Waals surface area contributed by atoms with Crippen molar-refractivity contribution in [3.63, 3.8) is 0 Å². The monoisotopic (exact) mass is 280 g/mol. The maximum Gasteiger partial charge on any atom is 0.129 e. The molecule has 6 heteroatoms. The SMILES string of the molecule is CCc1cc(C(Cc2c(F)cccc2F)NN)n(C)n1. The average molecular weight is 280 g/mol. The summed E-state index contributed by atoms with van der Waals surface area (Å²) in [4.78, 5) is 0. The average Bonchev–Trinajstić information content (AvgIpc) is 2.80. The molecule has 1 aromatic carbocycles. The lowest BCUT2D eigenvalue weighted by Crippen LogP contribution is -2.31. The number of halogens is 2. The Labute approximate surface area is 116 Å². The van der Waals surface area contributed by atoms with Gasteiger partial charge in [0.25, 0.3) is 0 Å². The van der Waals surface area contributed by atoms with E-state index >= 15 is 0 Å². The molecular formula is C14H18F2N4. The van der Waals surface area contributed by atoms with Crippen LogP contribution < -0.4 is 11.3 Å². The second-order valence-corrected chi connectivity index (χ2v) is 4.66. The first kappa shape index (κ1) is 14.6. The van der Waals surface area contributed by atoms with Gasteiger partial charge >= 0.3 is 0 Å². The minimum atomic E-state index is -0.567. The summed E-state index contributed by atoms with van der Waals surface area (Å²) >= 11 is 0. The lowest BCUT2D eigenvalue weighted by atomic mass is 10.0. The van der Waals surface area contributed by atoms with E-state index in [1.807, 2.05) is 13.0 Å². The van der Waals surface area contributed by atoms with E-state index in [-0.39, 0.29) is 12.0 Å². The molecule has 2 aromatic rings. The predicted octanol–water partition coefficient (Wildman–Crippen LogP) is 2.01. The highest BCUT2D eigenvalue weighted by atomic mass is 19.1. The molecule has 0 saturated heterocycles. The van der Waals surface area contributed by atoms with Crippen LogP contribution in [-0.4, -0.2) is 9.78 Å². The molecule has 1 aromatic heterocycles. The second-order valence-electron chi connectivity index (χ2n) is 4.66. The summed E-state index contributed by atoms with van der Waals surface area (Å²) in [5.74, 6) is 4.40. The van der Waals surface area contributed by atoms with E-state index in [1.54, 1.807) is 11.7 Å². The Balaban J connectivity index is 2.31. The van der Waals surface area contributed by atoms with Gasteiger partial charge in [-0.25, -0.2) is 8.78 Å². The number of hydrogen-bond acceptors (Lipinski definition) is 3. The van der Waals surface area contributed by atoms with E-state index in [9.17, 15) is 8.78 Å². The maximum atomic E-state index is 13.7. The molecule has 4 nitrogen and oxygen atoms in total. The first-order chi connectivity index (χ1) is 9.56. The summed E-state index contributed by atoms with van der Waals surface area (Å²) in [6, 6.07) is 5.32. The van der Waals surface area contributed by atoms with Crippen molar-refractivity contribution >= 4 is 0 Å². The van der Waals surface area contributed by atoms with Crippen molar-refractivity contribution in [2.75, 3.05) is 0 Å². The van der Waals surface area contributed by atoms with Crippen LogP contribution in [0.15, 0.2) is 24.3 Å². The number of nitrogens with one attached hydrogen (secondary N) is 1. The minimum Gasteiger partial charge on any atom is -0.271 e. The summed E-state index contributed by atoms with van der Waals surface area (Å²) in [6.07, 6.45) is 0.914. The van der Waals surface area contributed by atoms with Gasteiger partial charge in [0.2, 0.25) is 0 Å². The quantitative estimate of drug-likeness (QED) is 0.650. The molecule has 2 rings (SSSR count). The fourth-order valence-electron chi connectivity index (χ4n) is 2.22. The summed E-state index contributed by atoms with van der Waals surface area (Å²) in [5, 5.41) is 4.32. The Morgan fingerprint density at radius 2 is 2.00 bits per heavy atom. The number of aryl methyl sites for hydroxylation is 2. The van der Waals surface area contributed by atoms with Crippen LogP contribution in [0.3, 0.4) is 0 Å². The third kappa shape index (κ3) is 2.86. The van der Waals surface area contributed by atoms with Gasteiger partial charge in [-0.05, 0) is 24.6 Å². The Hall–Kier alpha value is -1.79. The van der Waals surface area contributed by atoms with Crippen molar-refractivity contribution in [3.05, 3.63) is 52.9 Å². The Morgan fingerprint density at radius 1 is 1.35 bits per heavy atom. The largest absolute Gasteiger partial charge is 0.271 e. The first-order valence-corrected chi connectivity index (χ1v) is 6.48. The van der Waals surface area contributed by atoms with Crippen LogP contribution in [-0.2, 0) is 19.9 Å². The minimum absolute atomic E-state index is 0.0229. The molecule has 0 radical (unpaired) electrons. The molecule has 0 aliphatic heterocycles. The molecule has 3 N–H and O–H groups in total. The summed E-state index contributed by atoms with van der Waals surface area (Å²) in [7, 11) is 1.79. The van der Waals surface area contributed by atoms with Gasteiger partial charge in [0, 0.05) is 19.0 Å². The van der Waals surface area contributed by atoms with E-state index in [4.69, 9.17) is 5.84 Å². The van der Waals surface area contributed by atoms with Gasteiger partial charge < -0.3 is 0 Å². The highest BCUT2D eigenvalue weighted by molar-refractivity contribution is 5.24. The van der Waals surface area contributed by atoms with Crippen molar-refractivity contribution in [2.24, 2.45) is 12.9 Å². The summed E-state index contributed by atoms with van der Waals surface area (Å²) in [6.45, 7) is 1.99. The van der Waals surface area contributed by atoms with Gasteiger partial charge in [-0.3, -0.25) is 16.0 Å². The van der Waals surface area contributed by atoms with E-state index in [1.165, 1.54) is 18.2 Å². The van der Waals surface area contributed by atoms with Gasteiger partial charge in [-0.2, -0.15) is 5.10 Å². The topological polar surface area (TPSA) is 55.9 Å². The number of nitrogens with two attached hydrogens (primary N) is 1. The first-order valence-electron chi connectivity index (χ1n) is 6.48. The molecule has 0 saturated carbocycles. The molecule has 0 aliphatic carbocycles. The Bertz CT molecular complexity index is 575. The molecule has 20 heavy (non-hydrogen) atoms. The van der Waals surface area contributed by atoms with Crippen molar-refractivity contribution in [1.29, 1.82) is 0 Å². The van der Waals surface area contributed by atoms with Crippen molar-refractivity contribution in [1.82, 2.24) is 15.2 Å². The molecule has 108 valence electrons. The van der Waals surface area contributed by atoms with Gasteiger partial charge in [0.1, 0.15) is 11.6 Å². The van der Waals surface area contributed by atoms with Gasteiger partial charge in [-0.1, -0.05) is 13.0 Å². The van der Waals surface area contributed by atoms with Crippen LogP contribution in [0, 0.1) is 11.6 Å². The highest BCUT2D eigenvalue weighted by Gasteiger charge is 2.19. The lowest BCUT2D eigenvalue weighted by Gasteiger charge is -2.17. The number of benzene rings is 1. The van der Waals surface area contributed by atoms with Crippen molar-refractivity contribution in [3.8, 4) is 0 Å². The zero-order valence-electron chi connectivity index (χ0n) is 11.5. The molecule has 1 unspecified atom stereocenters. The normalized spacial score (nSPS) is 12.7. The number of hydrogen-bond donors (Lipinski definition) is 2. The van der Waals surface area contributed by atoms with E-state index in [2.05, 4.69) is 10.5 Å². The lowest BCUT2D eigenvalue weighted by molar-refractivity contribution is 0.476. The molecule has 1 heterocycles. The predicted molar refractivity (Wildman–Crippen MR) is 72.7 cm³/mol. The molecule has 0 spiro atoms. The van der Waals surface area contributed by atoms with Crippen molar-refractivity contribution < 1.29 is 8.78 Å². The van der Waals surface area contributed by atoms with E-state index in [0.29, 0.717) is 0 Å². The zero-order valence-corrected chi connectivity index (χ0v) is 11.5. The number of rotatable bonds is 5. The van der Waals surface area contributed by atoms with Crippen molar-refractivity contribution in [2.45, 2.75) is 25.8 Å². The third-order valence-corrected chi connectivity index (χ3v) is 3.36. The molecular weight excluding hydrogens is 262 g/mol. The Morgan fingerprint density at radius 3 is 2.50 bits per heavy atom. The van der Waals surface area contributed by atoms with Crippen LogP contribution in [0.1, 0.15) is 29.9 Å². The standard InChI is InChI=1S/C14H18F2N4/c1-3-9-7-14(20(2)19-9)13(18-17)8-10-11(15)5-4-6-12(10)16/h4-7,13,18H,3,8,17H2,1-2H3.